The van der Waals surface area contributed by atoms with E-state index in [1.807, 2.05) is 0 Å². The lowest BCUT2D eigenvalue weighted by Crippen LogP contribution is -2.46. The fourth-order valence-corrected chi connectivity index (χ4v) is 3.35. The minimum atomic E-state index is 0.395. The first-order chi connectivity index (χ1) is 9.69. The largest absolute Gasteiger partial charge is 0.377 e. The fourth-order valence-electron chi connectivity index (χ4n) is 3.35. The van der Waals surface area contributed by atoms with Gasteiger partial charge < -0.3 is 10.1 Å². The van der Waals surface area contributed by atoms with E-state index in [-0.39, 0.29) is 0 Å². The van der Waals surface area contributed by atoms with Crippen molar-refractivity contribution in [3.8, 4) is 0 Å². The highest BCUT2D eigenvalue weighted by atomic mass is 16.5. The maximum Gasteiger partial charge on any atom is 0.0756 e. The average Bonchev–Trinajstić information content (AvgIpc) is 2.46. The van der Waals surface area contributed by atoms with Crippen molar-refractivity contribution in [3.05, 3.63) is 12.2 Å². The molecule has 0 spiro atoms. The van der Waals surface area contributed by atoms with Gasteiger partial charge in [-0.3, -0.25) is 0 Å². The summed E-state index contributed by atoms with van der Waals surface area (Å²) in [5, 5.41) is 3.74. The Bertz CT molecular complexity index is 258. The van der Waals surface area contributed by atoms with E-state index in [1.165, 1.54) is 44.1 Å². The van der Waals surface area contributed by atoms with Crippen molar-refractivity contribution in [1.29, 1.82) is 0 Å². The van der Waals surface area contributed by atoms with Gasteiger partial charge in [-0.05, 0) is 58.4 Å². The van der Waals surface area contributed by atoms with Crippen molar-refractivity contribution >= 4 is 0 Å². The summed E-state index contributed by atoms with van der Waals surface area (Å²) in [6, 6.07) is 0.495. The molecule has 1 saturated carbocycles. The lowest BCUT2D eigenvalue weighted by atomic mass is 9.81. The molecule has 118 valence electrons. The maximum absolute atomic E-state index is 6.18. The first-order valence-electron chi connectivity index (χ1n) is 8.68. The van der Waals surface area contributed by atoms with Gasteiger partial charge in [0.2, 0.25) is 0 Å². The third-order valence-electron chi connectivity index (χ3n) is 4.41. The molecule has 0 heterocycles. The van der Waals surface area contributed by atoms with Crippen LogP contribution in [0.2, 0.25) is 0 Å². The van der Waals surface area contributed by atoms with E-state index in [0.29, 0.717) is 12.1 Å². The highest BCUT2D eigenvalue weighted by Gasteiger charge is 2.30. The summed E-state index contributed by atoms with van der Waals surface area (Å²) in [5.74, 6) is 0.753. The monoisotopic (exact) mass is 281 g/mol. The molecule has 0 aliphatic heterocycles. The van der Waals surface area contributed by atoms with Gasteiger partial charge in [0.15, 0.2) is 0 Å². The Labute approximate surface area is 126 Å². The molecule has 1 aliphatic carbocycles. The zero-order chi connectivity index (χ0) is 14.8. The lowest BCUT2D eigenvalue weighted by molar-refractivity contribution is -0.0192. The van der Waals surface area contributed by atoms with Crippen LogP contribution in [-0.2, 0) is 4.74 Å². The molecule has 0 radical (unpaired) electrons. The Morgan fingerprint density at radius 3 is 2.50 bits per heavy atom. The van der Waals surface area contributed by atoms with Gasteiger partial charge in [0.25, 0.3) is 0 Å². The molecule has 0 aromatic carbocycles. The summed E-state index contributed by atoms with van der Waals surface area (Å²) in [6.45, 7) is 12.5. The van der Waals surface area contributed by atoms with E-state index in [1.54, 1.807) is 0 Å². The van der Waals surface area contributed by atoms with Gasteiger partial charge in [-0.15, -0.1) is 6.58 Å². The summed E-state index contributed by atoms with van der Waals surface area (Å²) < 4.78 is 6.18. The topological polar surface area (TPSA) is 21.3 Å². The van der Waals surface area contributed by atoms with Crippen LogP contribution in [0.25, 0.3) is 0 Å². The molecule has 2 heteroatoms. The number of rotatable bonds is 10. The van der Waals surface area contributed by atoms with Gasteiger partial charge in [-0.2, -0.15) is 0 Å². The Morgan fingerprint density at radius 2 is 1.95 bits per heavy atom. The summed E-state index contributed by atoms with van der Waals surface area (Å²) in [4.78, 5) is 0. The van der Waals surface area contributed by atoms with E-state index in [0.717, 1.165) is 31.9 Å². The van der Waals surface area contributed by atoms with E-state index in [4.69, 9.17) is 4.74 Å². The van der Waals surface area contributed by atoms with Crippen LogP contribution in [0.3, 0.4) is 0 Å². The molecule has 0 amide bonds. The van der Waals surface area contributed by atoms with Crippen LogP contribution in [0, 0.1) is 5.92 Å². The SMILES string of the molecule is C=C(C)CCC(NCCC)C(OCC)C1CCCCC1. The van der Waals surface area contributed by atoms with Gasteiger partial charge >= 0.3 is 0 Å². The first-order valence-corrected chi connectivity index (χ1v) is 8.68. The Kier molecular flexibility index (Phi) is 9.21. The number of ether oxygens (including phenoxy) is 1. The van der Waals surface area contributed by atoms with Gasteiger partial charge in [0, 0.05) is 12.6 Å². The third-order valence-corrected chi connectivity index (χ3v) is 4.41. The molecule has 1 fully saturated rings. The van der Waals surface area contributed by atoms with Gasteiger partial charge in [-0.25, -0.2) is 0 Å². The molecule has 1 rings (SSSR count). The van der Waals surface area contributed by atoms with Gasteiger partial charge in [-0.1, -0.05) is 31.8 Å². The number of hydrogen-bond acceptors (Lipinski definition) is 2. The maximum atomic E-state index is 6.18. The zero-order valence-corrected chi connectivity index (χ0v) is 13.9. The lowest BCUT2D eigenvalue weighted by Gasteiger charge is -2.36. The molecule has 1 aliphatic rings. The zero-order valence-electron chi connectivity index (χ0n) is 13.9. The van der Waals surface area contributed by atoms with E-state index >= 15 is 0 Å². The van der Waals surface area contributed by atoms with Crippen LogP contribution in [0.1, 0.15) is 72.1 Å². The average molecular weight is 281 g/mol. The minimum Gasteiger partial charge on any atom is -0.377 e. The molecule has 0 aromatic rings. The van der Waals surface area contributed by atoms with Crippen LogP contribution < -0.4 is 5.32 Å². The summed E-state index contributed by atoms with van der Waals surface area (Å²) in [6.07, 6.45) is 10.7. The van der Waals surface area contributed by atoms with Crippen molar-refractivity contribution in [2.45, 2.75) is 84.3 Å². The Hall–Kier alpha value is -0.340. The highest BCUT2D eigenvalue weighted by Crippen LogP contribution is 2.31. The molecule has 2 unspecified atom stereocenters. The number of nitrogens with one attached hydrogen (secondary N) is 1. The smallest absolute Gasteiger partial charge is 0.0756 e. The molecular weight excluding hydrogens is 246 g/mol. The molecule has 2 atom stereocenters. The fraction of sp³-hybridized carbons (Fsp3) is 0.889. The van der Waals surface area contributed by atoms with E-state index < -0.39 is 0 Å². The van der Waals surface area contributed by atoms with Crippen LogP contribution >= 0.6 is 0 Å². The highest BCUT2D eigenvalue weighted by molar-refractivity contribution is 4.92. The normalized spacial score (nSPS) is 19.8. The van der Waals surface area contributed by atoms with E-state index in [9.17, 15) is 0 Å². The standard InChI is InChI=1S/C18H35NO/c1-5-14-19-17(13-12-15(3)4)18(20-6-2)16-10-8-7-9-11-16/h16-19H,3,5-14H2,1-2,4H3. The van der Waals surface area contributed by atoms with Crippen molar-refractivity contribution in [2.75, 3.05) is 13.2 Å². The molecule has 0 aromatic heterocycles. The Morgan fingerprint density at radius 1 is 1.25 bits per heavy atom. The van der Waals surface area contributed by atoms with Crippen molar-refractivity contribution in [2.24, 2.45) is 5.92 Å². The summed E-state index contributed by atoms with van der Waals surface area (Å²) in [7, 11) is 0. The van der Waals surface area contributed by atoms with Crippen molar-refractivity contribution in [3.63, 3.8) is 0 Å². The van der Waals surface area contributed by atoms with Crippen molar-refractivity contribution in [1.82, 2.24) is 5.32 Å². The van der Waals surface area contributed by atoms with Crippen molar-refractivity contribution < 1.29 is 4.74 Å². The number of allylic oxidation sites excluding steroid dienone is 1. The summed E-state index contributed by atoms with van der Waals surface area (Å²) in [5.41, 5.74) is 1.28. The quantitative estimate of drug-likeness (QED) is 0.586. The second kappa shape index (κ2) is 10.4. The minimum absolute atomic E-state index is 0.395. The molecular formula is C18H35NO. The second-order valence-corrected chi connectivity index (χ2v) is 6.37. The molecule has 2 nitrogen and oxygen atoms in total. The van der Waals surface area contributed by atoms with Crippen LogP contribution in [0.4, 0.5) is 0 Å². The summed E-state index contributed by atoms with van der Waals surface area (Å²) >= 11 is 0. The van der Waals surface area contributed by atoms with Crippen LogP contribution in [-0.4, -0.2) is 25.3 Å². The predicted octanol–water partition coefficient (Wildman–Crippen LogP) is 4.70. The third kappa shape index (κ3) is 6.41. The predicted molar refractivity (Wildman–Crippen MR) is 88.1 cm³/mol. The number of hydrogen-bond donors (Lipinski definition) is 1. The molecule has 0 bridgehead atoms. The van der Waals surface area contributed by atoms with Gasteiger partial charge in [0.1, 0.15) is 0 Å². The first kappa shape index (κ1) is 17.7. The second-order valence-electron chi connectivity index (χ2n) is 6.37. The molecule has 20 heavy (non-hydrogen) atoms. The van der Waals surface area contributed by atoms with E-state index in [2.05, 4.69) is 32.7 Å². The van der Waals surface area contributed by atoms with Crippen LogP contribution in [0.15, 0.2) is 12.2 Å². The Balaban J connectivity index is 2.64. The molecule has 0 saturated heterocycles. The van der Waals surface area contributed by atoms with Crippen LogP contribution in [0.5, 0.6) is 0 Å². The molecule has 1 N–H and O–H groups in total. The van der Waals surface area contributed by atoms with Gasteiger partial charge in [0.05, 0.1) is 6.10 Å².